The smallest absolute Gasteiger partial charge is 0.328 e. The van der Waals surface area contributed by atoms with Crippen molar-refractivity contribution in [2.24, 2.45) is 0 Å². The van der Waals surface area contributed by atoms with Crippen LogP contribution in [0.5, 0.6) is 0 Å². The van der Waals surface area contributed by atoms with Gasteiger partial charge in [-0.15, -0.1) is 0 Å². The van der Waals surface area contributed by atoms with Crippen molar-refractivity contribution in [2.75, 3.05) is 11.9 Å². The molecule has 3 nitrogen and oxygen atoms in total. The summed E-state index contributed by atoms with van der Waals surface area (Å²) in [4.78, 5) is 11.8. The fraction of sp³-hybridized carbons (Fsp3) is 0.267. The summed E-state index contributed by atoms with van der Waals surface area (Å²) in [5.41, 5.74) is 0.905. The third kappa shape index (κ3) is 4.87. The number of para-hydroxylation sites is 1. The first kappa shape index (κ1) is 14.0. The maximum atomic E-state index is 11.8. The van der Waals surface area contributed by atoms with Crippen LogP contribution in [0, 0.1) is 0 Å². The van der Waals surface area contributed by atoms with Gasteiger partial charge in [0.25, 0.3) is 0 Å². The molecule has 0 saturated heterocycles. The lowest BCUT2D eigenvalue weighted by Gasteiger charge is -2.16. The Hall–Kier alpha value is -2.03. The average Bonchev–Trinajstić information content (AvgIpc) is 2.39. The lowest BCUT2D eigenvalue weighted by molar-refractivity contribution is -0.143. The lowest BCUT2D eigenvalue weighted by atomic mass is 10.1. The number of rotatable bonds is 7. The van der Waals surface area contributed by atoms with Crippen LogP contribution in [-0.4, -0.2) is 18.6 Å². The summed E-state index contributed by atoms with van der Waals surface area (Å²) in [6, 6.07) is 9.24. The molecule has 0 aliphatic heterocycles. The molecule has 0 amide bonds. The molecule has 0 heterocycles. The van der Waals surface area contributed by atoms with Gasteiger partial charge in [-0.2, -0.15) is 0 Å². The van der Waals surface area contributed by atoms with Crippen molar-refractivity contribution >= 4 is 11.7 Å². The van der Waals surface area contributed by atoms with Crippen LogP contribution in [0.15, 0.2) is 55.1 Å². The number of anilines is 1. The van der Waals surface area contributed by atoms with Gasteiger partial charge in [-0.25, -0.2) is 4.79 Å². The zero-order chi connectivity index (χ0) is 13.2. The number of hydrogen-bond acceptors (Lipinski definition) is 3. The summed E-state index contributed by atoms with van der Waals surface area (Å²) in [6.07, 6.45) is 5.97. The van der Waals surface area contributed by atoms with E-state index in [1.54, 1.807) is 13.0 Å². The van der Waals surface area contributed by atoms with E-state index in [1.165, 1.54) is 0 Å². The van der Waals surface area contributed by atoms with Gasteiger partial charge in [0.2, 0.25) is 0 Å². The fourth-order valence-electron chi connectivity index (χ4n) is 1.50. The van der Waals surface area contributed by atoms with E-state index in [2.05, 4.69) is 11.9 Å². The molecule has 0 aliphatic carbocycles. The minimum atomic E-state index is -0.372. The van der Waals surface area contributed by atoms with Crippen LogP contribution < -0.4 is 5.32 Å². The molecule has 0 fully saturated rings. The van der Waals surface area contributed by atoms with Crippen molar-refractivity contribution in [3.63, 3.8) is 0 Å². The third-order valence-electron chi connectivity index (χ3n) is 2.33. The second kappa shape index (κ2) is 8.12. The summed E-state index contributed by atoms with van der Waals surface area (Å²) >= 11 is 0. The van der Waals surface area contributed by atoms with E-state index in [0.717, 1.165) is 5.69 Å². The molecule has 0 saturated carbocycles. The SMILES string of the molecule is C=C/C=C/CC(Nc1ccccc1)C(=O)OCC. The largest absolute Gasteiger partial charge is 0.464 e. The topological polar surface area (TPSA) is 38.3 Å². The van der Waals surface area contributed by atoms with Crippen molar-refractivity contribution in [1.82, 2.24) is 0 Å². The Labute approximate surface area is 108 Å². The van der Waals surface area contributed by atoms with Crippen LogP contribution in [0.25, 0.3) is 0 Å². The number of esters is 1. The predicted molar refractivity (Wildman–Crippen MR) is 74.4 cm³/mol. The molecule has 0 aliphatic rings. The Balaban J connectivity index is 2.67. The zero-order valence-electron chi connectivity index (χ0n) is 10.6. The summed E-state index contributed by atoms with van der Waals surface area (Å²) in [6.45, 7) is 5.79. The van der Waals surface area contributed by atoms with Crippen molar-refractivity contribution < 1.29 is 9.53 Å². The molecule has 0 radical (unpaired) electrons. The Kier molecular flexibility index (Phi) is 6.33. The van der Waals surface area contributed by atoms with E-state index in [9.17, 15) is 4.79 Å². The molecule has 1 N–H and O–H groups in total. The van der Waals surface area contributed by atoms with Crippen LogP contribution in [0.1, 0.15) is 13.3 Å². The van der Waals surface area contributed by atoms with Crippen LogP contribution in [0.3, 0.4) is 0 Å². The zero-order valence-corrected chi connectivity index (χ0v) is 10.6. The van der Waals surface area contributed by atoms with E-state index in [0.29, 0.717) is 13.0 Å². The minimum absolute atomic E-state index is 0.241. The molecule has 1 aromatic carbocycles. The fourth-order valence-corrected chi connectivity index (χ4v) is 1.50. The van der Waals surface area contributed by atoms with Crippen molar-refractivity contribution in [3.05, 3.63) is 55.1 Å². The molecule has 1 rings (SSSR count). The van der Waals surface area contributed by atoms with E-state index >= 15 is 0 Å². The van der Waals surface area contributed by atoms with Gasteiger partial charge in [-0.05, 0) is 25.5 Å². The molecule has 96 valence electrons. The third-order valence-corrected chi connectivity index (χ3v) is 2.33. The highest BCUT2D eigenvalue weighted by atomic mass is 16.5. The molecule has 0 bridgehead atoms. The first-order valence-corrected chi connectivity index (χ1v) is 6.03. The minimum Gasteiger partial charge on any atom is -0.464 e. The van der Waals surface area contributed by atoms with Gasteiger partial charge in [-0.3, -0.25) is 0 Å². The second-order valence-corrected chi connectivity index (χ2v) is 3.71. The van der Waals surface area contributed by atoms with E-state index < -0.39 is 0 Å². The first-order valence-electron chi connectivity index (χ1n) is 6.03. The van der Waals surface area contributed by atoms with Crippen LogP contribution in [0.2, 0.25) is 0 Å². The highest BCUT2D eigenvalue weighted by molar-refractivity contribution is 5.79. The van der Waals surface area contributed by atoms with Gasteiger partial charge in [0, 0.05) is 5.69 Å². The molecule has 0 aromatic heterocycles. The molecular formula is C15H19NO2. The van der Waals surface area contributed by atoms with Gasteiger partial charge in [0.15, 0.2) is 0 Å². The standard InChI is InChI=1S/C15H19NO2/c1-3-5-7-12-14(15(17)18-4-2)16-13-10-8-6-9-11-13/h3,5-11,14,16H,1,4,12H2,2H3/b7-5+. The number of hydrogen-bond donors (Lipinski definition) is 1. The van der Waals surface area contributed by atoms with Gasteiger partial charge in [0.1, 0.15) is 6.04 Å². The molecule has 1 atom stereocenters. The summed E-state index contributed by atoms with van der Waals surface area (Å²) < 4.78 is 5.05. The number of carbonyl (C=O) groups is 1. The molecule has 0 spiro atoms. The van der Waals surface area contributed by atoms with Gasteiger partial charge in [-0.1, -0.05) is 43.0 Å². The van der Waals surface area contributed by atoms with Crippen LogP contribution in [-0.2, 0) is 9.53 Å². The Bertz CT molecular complexity index is 398. The lowest BCUT2D eigenvalue weighted by Crippen LogP contribution is -2.30. The average molecular weight is 245 g/mol. The molecular weight excluding hydrogens is 226 g/mol. The first-order chi connectivity index (χ1) is 8.77. The highest BCUT2D eigenvalue weighted by Gasteiger charge is 2.17. The summed E-state index contributed by atoms with van der Waals surface area (Å²) in [5.74, 6) is -0.241. The maximum absolute atomic E-state index is 11.8. The number of carbonyl (C=O) groups excluding carboxylic acids is 1. The monoisotopic (exact) mass is 245 g/mol. The van der Waals surface area contributed by atoms with Crippen LogP contribution in [0.4, 0.5) is 5.69 Å². The molecule has 1 aromatic rings. The van der Waals surface area contributed by atoms with Crippen molar-refractivity contribution in [2.45, 2.75) is 19.4 Å². The number of benzene rings is 1. The number of nitrogens with one attached hydrogen (secondary N) is 1. The molecule has 1 unspecified atom stereocenters. The van der Waals surface area contributed by atoms with Crippen molar-refractivity contribution in [3.8, 4) is 0 Å². The van der Waals surface area contributed by atoms with Crippen molar-refractivity contribution in [1.29, 1.82) is 0 Å². The predicted octanol–water partition coefficient (Wildman–Crippen LogP) is 3.16. The van der Waals surface area contributed by atoms with Gasteiger partial charge in [0.05, 0.1) is 6.61 Å². The molecule has 3 heteroatoms. The maximum Gasteiger partial charge on any atom is 0.328 e. The summed E-state index contributed by atoms with van der Waals surface area (Å²) in [7, 11) is 0. The Morgan fingerprint density at radius 1 is 1.44 bits per heavy atom. The quantitative estimate of drug-likeness (QED) is 0.592. The Morgan fingerprint density at radius 2 is 2.17 bits per heavy atom. The van der Waals surface area contributed by atoms with E-state index in [1.807, 2.05) is 42.5 Å². The summed E-state index contributed by atoms with van der Waals surface area (Å²) in [5, 5.41) is 3.16. The van der Waals surface area contributed by atoms with Crippen LogP contribution >= 0.6 is 0 Å². The van der Waals surface area contributed by atoms with Gasteiger partial charge >= 0.3 is 5.97 Å². The second-order valence-electron chi connectivity index (χ2n) is 3.71. The number of allylic oxidation sites excluding steroid dienone is 2. The molecule has 18 heavy (non-hydrogen) atoms. The normalized spacial score (nSPS) is 12.1. The van der Waals surface area contributed by atoms with Gasteiger partial charge < -0.3 is 10.1 Å². The van der Waals surface area contributed by atoms with E-state index in [-0.39, 0.29) is 12.0 Å². The van der Waals surface area contributed by atoms with E-state index in [4.69, 9.17) is 4.74 Å². The Morgan fingerprint density at radius 3 is 2.78 bits per heavy atom. The highest BCUT2D eigenvalue weighted by Crippen LogP contribution is 2.10. The number of ether oxygens (including phenoxy) is 1.